The van der Waals surface area contributed by atoms with E-state index in [2.05, 4.69) is 15.0 Å². The normalized spacial score (nSPS) is 9.81. The summed E-state index contributed by atoms with van der Waals surface area (Å²) in [5, 5.41) is 4.10. The van der Waals surface area contributed by atoms with E-state index in [1.165, 1.54) is 6.39 Å². The van der Waals surface area contributed by atoms with Crippen LogP contribution in [0.15, 0.2) is 40.3 Å². The van der Waals surface area contributed by atoms with E-state index < -0.39 is 0 Å². The minimum atomic E-state index is 0.229. The first-order chi connectivity index (χ1) is 7.81. The average molecular weight is 235 g/mol. The van der Waals surface area contributed by atoms with Gasteiger partial charge in [0.2, 0.25) is 0 Å². The number of halogens is 1. The number of azide groups is 1. The molecule has 0 fully saturated rings. The van der Waals surface area contributed by atoms with Crippen LogP contribution in [0.25, 0.3) is 21.8 Å². The van der Waals surface area contributed by atoms with Crippen molar-refractivity contribution in [2.45, 2.75) is 6.54 Å². The molecule has 0 aliphatic heterocycles. The van der Waals surface area contributed by atoms with Gasteiger partial charge in [-0.15, -0.1) is 0 Å². The maximum absolute atomic E-state index is 8.31. The van der Waals surface area contributed by atoms with Crippen molar-refractivity contribution in [1.82, 2.24) is 4.98 Å². The maximum atomic E-state index is 8.31. The number of nitrogens with zero attached hydrogens (tertiary/aromatic N) is 4. The molecule has 0 aliphatic rings. The first-order valence-corrected chi connectivity index (χ1v) is 4.87. The van der Waals surface area contributed by atoms with E-state index in [0.29, 0.717) is 10.8 Å². The largest absolute Gasteiger partial charge is 0.444 e. The third-order valence-electron chi connectivity index (χ3n) is 2.07. The van der Waals surface area contributed by atoms with Crippen molar-refractivity contribution < 1.29 is 4.42 Å². The molecule has 80 valence electrons. The molecule has 0 spiro atoms. The van der Waals surface area contributed by atoms with E-state index in [-0.39, 0.29) is 6.54 Å². The summed E-state index contributed by atoms with van der Waals surface area (Å²) in [6.07, 6.45) is 2.95. The zero-order valence-electron chi connectivity index (χ0n) is 8.17. The van der Waals surface area contributed by atoms with Crippen molar-refractivity contribution in [2.24, 2.45) is 5.11 Å². The number of rotatable bonds is 3. The standard InChI is InChI=1S/C10H7ClN4O/c11-8-1-2-9(10-5-13-6-16-10)7(3-8)4-14-15-12/h1-3,5-6H,4H2. The van der Waals surface area contributed by atoms with Crippen LogP contribution in [0.1, 0.15) is 5.56 Å². The molecule has 0 radical (unpaired) electrons. The van der Waals surface area contributed by atoms with Gasteiger partial charge in [-0.1, -0.05) is 16.7 Å². The lowest BCUT2D eigenvalue weighted by atomic mass is 10.1. The van der Waals surface area contributed by atoms with Crippen molar-refractivity contribution >= 4 is 11.6 Å². The summed E-state index contributed by atoms with van der Waals surface area (Å²) in [4.78, 5) is 6.56. The molecule has 0 unspecified atom stereocenters. The van der Waals surface area contributed by atoms with E-state index in [9.17, 15) is 0 Å². The number of benzene rings is 1. The van der Waals surface area contributed by atoms with Crippen molar-refractivity contribution in [3.05, 3.63) is 51.8 Å². The molecule has 6 heteroatoms. The molecule has 1 heterocycles. The zero-order valence-corrected chi connectivity index (χ0v) is 8.92. The molecule has 0 aliphatic carbocycles. The lowest BCUT2D eigenvalue weighted by molar-refractivity contribution is 0.571. The van der Waals surface area contributed by atoms with Crippen molar-refractivity contribution in [3.63, 3.8) is 0 Å². The van der Waals surface area contributed by atoms with Crippen molar-refractivity contribution in [2.75, 3.05) is 0 Å². The molecule has 5 nitrogen and oxygen atoms in total. The highest BCUT2D eigenvalue weighted by atomic mass is 35.5. The first kappa shape index (κ1) is 10.5. The van der Waals surface area contributed by atoms with Crippen LogP contribution in [0, 0.1) is 0 Å². The molecule has 1 aromatic heterocycles. The van der Waals surface area contributed by atoms with Crippen molar-refractivity contribution in [1.29, 1.82) is 0 Å². The summed E-state index contributed by atoms with van der Waals surface area (Å²) in [6.45, 7) is 0.229. The van der Waals surface area contributed by atoms with E-state index in [1.807, 2.05) is 6.07 Å². The third-order valence-corrected chi connectivity index (χ3v) is 2.30. The van der Waals surface area contributed by atoms with E-state index in [0.717, 1.165) is 11.1 Å². The van der Waals surface area contributed by atoms with Gasteiger partial charge in [-0.2, -0.15) is 0 Å². The molecule has 0 bridgehead atoms. The highest BCUT2D eigenvalue weighted by Gasteiger charge is 2.07. The van der Waals surface area contributed by atoms with Gasteiger partial charge in [0.1, 0.15) is 0 Å². The molecule has 1 aromatic carbocycles. The minimum Gasteiger partial charge on any atom is -0.444 e. The Kier molecular flexibility index (Phi) is 3.10. The molecule has 2 aromatic rings. The van der Waals surface area contributed by atoms with E-state index >= 15 is 0 Å². The fourth-order valence-corrected chi connectivity index (χ4v) is 1.58. The molecule has 0 saturated carbocycles. The van der Waals surface area contributed by atoms with Crippen LogP contribution in [0.5, 0.6) is 0 Å². The van der Waals surface area contributed by atoms with Gasteiger partial charge in [0, 0.05) is 15.5 Å². The van der Waals surface area contributed by atoms with Gasteiger partial charge in [0.25, 0.3) is 0 Å². The van der Waals surface area contributed by atoms with E-state index in [1.54, 1.807) is 18.3 Å². The third kappa shape index (κ3) is 2.16. The topological polar surface area (TPSA) is 74.8 Å². The Morgan fingerprint density at radius 1 is 1.50 bits per heavy atom. The lowest BCUT2D eigenvalue weighted by Crippen LogP contribution is -1.86. The predicted octanol–water partition coefficient (Wildman–Crippen LogP) is 3.81. The van der Waals surface area contributed by atoms with Crippen LogP contribution in [-0.4, -0.2) is 4.98 Å². The van der Waals surface area contributed by atoms with Gasteiger partial charge in [-0.25, -0.2) is 4.98 Å². The second-order valence-electron chi connectivity index (χ2n) is 3.06. The second kappa shape index (κ2) is 4.70. The van der Waals surface area contributed by atoms with Crippen LogP contribution >= 0.6 is 11.6 Å². The second-order valence-corrected chi connectivity index (χ2v) is 3.49. The summed E-state index contributed by atoms with van der Waals surface area (Å²) >= 11 is 5.88. The molecule has 16 heavy (non-hydrogen) atoms. The van der Waals surface area contributed by atoms with Gasteiger partial charge in [-0.3, -0.25) is 0 Å². The lowest BCUT2D eigenvalue weighted by Gasteiger charge is -2.04. The monoisotopic (exact) mass is 234 g/mol. The predicted molar refractivity (Wildman–Crippen MR) is 59.8 cm³/mol. The average Bonchev–Trinajstić information content (AvgIpc) is 2.80. The quantitative estimate of drug-likeness (QED) is 0.460. The smallest absolute Gasteiger partial charge is 0.181 e. The first-order valence-electron chi connectivity index (χ1n) is 4.49. The Bertz CT molecular complexity index is 532. The van der Waals surface area contributed by atoms with E-state index in [4.69, 9.17) is 21.5 Å². The van der Waals surface area contributed by atoms with Gasteiger partial charge < -0.3 is 4.42 Å². The van der Waals surface area contributed by atoms with Gasteiger partial charge >= 0.3 is 0 Å². The molecule has 2 rings (SSSR count). The summed E-state index contributed by atoms with van der Waals surface area (Å²) < 4.78 is 5.19. The SMILES string of the molecule is [N-]=[N+]=NCc1cc(Cl)ccc1-c1cnco1. The number of aromatic nitrogens is 1. The van der Waals surface area contributed by atoms with Crippen LogP contribution in [0.3, 0.4) is 0 Å². The molecular weight excluding hydrogens is 228 g/mol. The Balaban J connectivity index is 2.47. The molecule has 0 amide bonds. The Morgan fingerprint density at radius 2 is 2.38 bits per heavy atom. The number of hydrogen-bond donors (Lipinski definition) is 0. The molecule has 0 N–H and O–H groups in total. The maximum Gasteiger partial charge on any atom is 0.181 e. The highest BCUT2D eigenvalue weighted by molar-refractivity contribution is 6.30. The fourth-order valence-electron chi connectivity index (χ4n) is 1.39. The highest BCUT2D eigenvalue weighted by Crippen LogP contribution is 2.26. The van der Waals surface area contributed by atoms with Crippen LogP contribution in [-0.2, 0) is 6.54 Å². The van der Waals surface area contributed by atoms with Crippen LogP contribution in [0.2, 0.25) is 5.02 Å². The van der Waals surface area contributed by atoms with Gasteiger partial charge in [-0.05, 0) is 29.3 Å². The summed E-state index contributed by atoms with van der Waals surface area (Å²) in [5.41, 5.74) is 9.94. The van der Waals surface area contributed by atoms with Crippen LogP contribution in [0.4, 0.5) is 0 Å². The van der Waals surface area contributed by atoms with Crippen molar-refractivity contribution in [3.8, 4) is 11.3 Å². The molecular formula is C10H7ClN4O. The molecule has 0 atom stereocenters. The molecule has 0 saturated heterocycles. The summed E-state index contributed by atoms with van der Waals surface area (Å²) in [6, 6.07) is 5.30. The van der Waals surface area contributed by atoms with Gasteiger partial charge in [0.05, 0.1) is 12.7 Å². The number of oxazole rings is 1. The minimum absolute atomic E-state index is 0.229. The van der Waals surface area contributed by atoms with Gasteiger partial charge in [0.15, 0.2) is 12.2 Å². The van der Waals surface area contributed by atoms with Crippen LogP contribution < -0.4 is 0 Å². The Hall–Kier alpha value is -1.97. The zero-order chi connectivity index (χ0) is 11.4. The Morgan fingerprint density at radius 3 is 3.06 bits per heavy atom. The summed E-state index contributed by atoms with van der Waals surface area (Å²) in [5.74, 6) is 0.625. The fraction of sp³-hybridized carbons (Fsp3) is 0.100. The number of hydrogen-bond acceptors (Lipinski definition) is 3. The Labute approximate surface area is 96.3 Å². The summed E-state index contributed by atoms with van der Waals surface area (Å²) in [7, 11) is 0.